The number of H-pyrrole nitrogens is 1. The van der Waals surface area contributed by atoms with Crippen LogP contribution in [-0.2, 0) is 0 Å². The van der Waals surface area contributed by atoms with Gasteiger partial charge in [0.2, 0.25) is 0 Å². The molecule has 0 unspecified atom stereocenters. The highest BCUT2D eigenvalue weighted by atomic mass is 35.5. The monoisotopic (exact) mass is 325 g/mol. The van der Waals surface area contributed by atoms with Gasteiger partial charge in [-0.3, -0.25) is 0 Å². The van der Waals surface area contributed by atoms with Crippen molar-refractivity contribution in [2.24, 2.45) is 0 Å². The number of aromatic nitrogens is 2. The number of likely N-dealkylation sites (tertiary alicyclic amines) is 1. The quantitative estimate of drug-likeness (QED) is 0.741. The summed E-state index contributed by atoms with van der Waals surface area (Å²) in [6.45, 7) is 2.39. The predicted octanol–water partition coefficient (Wildman–Crippen LogP) is 4.69. The lowest BCUT2D eigenvalue weighted by atomic mass is 9.89. The molecule has 4 heteroatoms. The molecule has 0 aliphatic carbocycles. The minimum absolute atomic E-state index is 0.694. The average Bonchev–Trinajstić information content (AvgIpc) is 3.01. The second-order valence-corrected chi connectivity index (χ2v) is 6.84. The number of rotatable bonds is 2. The molecule has 118 valence electrons. The van der Waals surface area contributed by atoms with Gasteiger partial charge in [0.25, 0.3) is 0 Å². The summed E-state index contributed by atoms with van der Waals surface area (Å²) < 4.78 is 0. The van der Waals surface area contributed by atoms with E-state index in [0.717, 1.165) is 21.7 Å². The van der Waals surface area contributed by atoms with Crippen LogP contribution >= 0.6 is 11.6 Å². The molecular weight excluding hydrogens is 306 g/mol. The third-order valence-electron chi connectivity index (χ3n) is 4.89. The average molecular weight is 326 g/mol. The number of nitrogens with one attached hydrogen (secondary N) is 1. The van der Waals surface area contributed by atoms with Crippen LogP contribution in [0.3, 0.4) is 0 Å². The first-order chi connectivity index (χ1) is 11.2. The van der Waals surface area contributed by atoms with Crippen molar-refractivity contribution in [3.05, 3.63) is 53.2 Å². The first kappa shape index (κ1) is 14.7. The van der Waals surface area contributed by atoms with Gasteiger partial charge in [-0.1, -0.05) is 35.9 Å². The van der Waals surface area contributed by atoms with Gasteiger partial charge in [0.15, 0.2) is 0 Å². The van der Waals surface area contributed by atoms with Gasteiger partial charge < -0.3 is 9.88 Å². The molecule has 0 saturated carbocycles. The largest absolute Gasteiger partial charge is 0.339 e. The maximum absolute atomic E-state index is 6.23. The van der Waals surface area contributed by atoms with Crippen molar-refractivity contribution in [3.63, 3.8) is 0 Å². The highest BCUT2D eigenvalue weighted by Crippen LogP contribution is 2.31. The van der Waals surface area contributed by atoms with Crippen LogP contribution in [0.4, 0.5) is 0 Å². The van der Waals surface area contributed by atoms with Crippen LogP contribution in [0.2, 0.25) is 5.02 Å². The molecule has 0 radical (unpaired) electrons. The Hall–Kier alpha value is -1.84. The van der Waals surface area contributed by atoms with Gasteiger partial charge in [0.1, 0.15) is 5.65 Å². The summed E-state index contributed by atoms with van der Waals surface area (Å²) in [6, 6.07) is 12.8. The first-order valence-corrected chi connectivity index (χ1v) is 8.50. The number of halogens is 1. The lowest BCUT2D eigenvalue weighted by Gasteiger charge is -2.29. The van der Waals surface area contributed by atoms with E-state index in [2.05, 4.69) is 52.2 Å². The number of aromatic amines is 1. The van der Waals surface area contributed by atoms with Crippen LogP contribution in [0, 0.1) is 0 Å². The summed E-state index contributed by atoms with van der Waals surface area (Å²) >= 11 is 6.23. The Labute approximate surface area is 141 Å². The van der Waals surface area contributed by atoms with E-state index in [-0.39, 0.29) is 0 Å². The molecule has 3 heterocycles. The second-order valence-electron chi connectivity index (χ2n) is 6.44. The number of piperidine rings is 1. The Morgan fingerprint density at radius 2 is 1.87 bits per heavy atom. The number of nitrogens with zero attached hydrogens (tertiary/aromatic N) is 2. The van der Waals surface area contributed by atoms with E-state index in [9.17, 15) is 0 Å². The fraction of sp³-hybridized carbons (Fsp3) is 0.316. The molecular formula is C19H20ClN3. The Morgan fingerprint density at radius 3 is 2.57 bits per heavy atom. The zero-order chi connectivity index (χ0) is 15.8. The van der Waals surface area contributed by atoms with E-state index in [1.54, 1.807) is 6.20 Å². The fourth-order valence-corrected chi connectivity index (χ4v) is 3.63. The van der Waals surface area contributed by atoms with Gasteiger partial charge >= 0.3 is 0 Å². The molecule has 3 nitrogen and oxygen atoms in total. The predicted molar refractivity (Wildman–Crippen MR) is 96.0 cm³/mol. The first-order valence-electron chi connectivity index (χ1n) is 8.13. The molecule has 1 saturated heterocycles. The lowest BCUT2D eigenvalue weighted by molar-refractivity contribution is 0.255. The molecule has 0 atom stereocenters. The molecule has 1 aromatic carbocycles. The van der Waals surface area contributed by atoms with E-state index in [4.69, 9.17) is 11.6 Å². The molecule has 2 aromatic heterocycles. The maximum Gasteiger partial charge on any atom is 0.139 e. The normalized spacial score (nSPS) is 17.0. The topological polar surface area (TPSA) is 31.9 Å². The van der Waals surface area contributed by atoms with Gasteiger partial charge in [0.05, 0.1) is 5.02 Å². The van der Waals surface area contributed by atoms with Crippen molar-refractivity contribution in [1.29, 1.82) is 0 Å². The highest BCUT2D eigenvalue weighted by Gasteiger charge is 2.18. The third kappa shape index (κ3) is 2.87. The van der Waals surface area contributed by atoms with E-state index in [0.29, 0.717) is 5.92 Å². The van der Waals surface area contributed by atoms with Crippen molar-refractivity contribution in [2.45, 2.75) is 18.8 Å². The maximum atomic E-state index is 6.23. The van der Waals surface area contributed by atoms with Crippen LogP contribution in [0.15, 0.2) is 42.6 Å². The molecule has 1 fully saturated rings. The number of hydrogen-bond donors (Lipinski definition) is 1. The summed E-state index contributed by atoms with van der Waals surface area (Å²) in [5.74, 6) is 0.694. The summed E-state index contributed by atoms with van der Waals surface area (Å²) in [7, 11) is 2.20. The number of fused-ring (bicyclic) bond motifs is 1. The van der Waals surface area contributed by atoms with Crippen LogP contribution < -0.4 is 0 Å². The van der Waals surface area contributed by atoms with E-state index in [1.807, 2.05) is 6.07 Å². The van der Waals surface area contributed by atoms with Crippen LogP contribution in [0.25, 0.3) is 22.3 Å². The molecule has 23 heavy (non-hydrogen) atoms. The molecule has 0 amide bonds. The summed E-state index contributed by atoms with van der Waals surface area (Å²) in [4.78, 5) is 10.1. The second kappa shape index (κ2) is 5.99. The van der Waals surface area contributed by atoms with E-state index < -0.39 is 0 Å². The molecule has 0 bridgehead atoms. The smallest absolute Gasteiger partial charge is 0.139 e. The van der Waals surface area contributed by atoms with Gasteiger partial charge in [0, 0.05) is 17.3 Å². The Kier molecular flexibility index (Phi) is 3.83. The number of pyridine rings is 1. The van der Waals surface area contributed by atoms with Gasteiger partial charge in [-0.15, -0.1) is 0 Å². The lowest BCUT2D eigenvalue weighted by Crippen LogP contribution is -2.29. The standard InChI is InChI=1S/C19H20ClN3/c1-23-10-7-14(8-11-23)13-2-4-15(5-3-13)18-12-16-17(20)6-9-21-19(16)22-18/h2-6,9,12,14H,7-8,10-11H2,1H3,(H,21,22). The van der Waals surface area contributed by atoms with Gasteiger partial charge in [-0.05, 0) is 62.2 Å². The van der Waals surface area contributed by atoms with Crippen LogP contribution in [0.1, 0.15) is 24.3 Å². The van der Waals surface area contributed by atoms with E-state index >= 15 is 0 Å². The molecule has 1 aliphatic heterocycles. The van der Waals surface area contributed by atoms with Crippen LogP contribution in [-0.4, -0.2) is 35.0 Å². The minimum atomic E-state index is 0.694. The molecule has 1 aliphatic rings. The van der Waals surface area contributed by atoms with Crippen molar-refractivity contribution in [1.82, 2.24) is 14.9 Å². The number of hydrogen-bond acceptors (Lipinski definition) is 2. The minimum Gasteiger partial charge on any atom is -0.339 e. The zero-order valence-electron chi connectivity index (χ0n) is 13.2. The molecule has 3 aromatic rings. The van der Waals surface area contributed by atoms with Crippen molar-refractivity contribution < 1.29 is 0 Å². The van der Waals surface area contributed by atoms with Crippen molar-refractivity contribution >= 4 is 22.6 Å². The summed E-state index contributed by atoms with van der Waals surface area (Å²) in [5.41, 5.74) is 4.53. The Balaban J connectivity index is 1.61. The van der Waals surface area contributed by atoms with E-state index in [1.165, 1.54) is 37.1 Å². The fourth-order valence-electron chi connectivity index (χ4n) is 3.43. The van der Waals surface area contributed by atoms with Crippen molar-refractivity contribution in [3.8, 4) is 11.3 Å². The highest BCUT2D eigenvalue weighted by molar-refractivity contribution is 6.35. The van der Waals surface area contributed by atoms with Gasteiger partial charge in [-0.2, -0.15) is 0 Å². The van der Waals surface area contributed by atoms with Crippen LogP contribution in [0.5, 0.6) is 0 Å². The summed E-state index contributed by atoms with van der Waals surface area (Å²) in [5, 5.41) is 1.71. The molecule has 0 spiro atoms. The third-order valence-corrected chi connectivity index (χ3v) is 5.22. The zero-order valence-corrected chi connectivity index (χ0v) is 14.0. The Morgan fingerprint density at radius 1 is 1.13 bits per heavy atom. The molecule has 1 N–H and O–H groups in total. The molecule has 4 rings (SSSR count). The van der Waals surface area contributed by atoms with Crippen molar-refractivity contribution in [2.75, 3.05) is 20.1 Å². The number of benzene rings is 1. The SMILES string of the molecule is CN1CCC(c2ccc(-c3cc4c(Cl)ccnc4[nH]3)cc2)CC1. The van der Waals surface area contributed by atoms with Gasteiger partial charge in [-0.25, -0.2) is 4.98 Å². The summed E-state index contributed by atoms with van der Waals surface area (Å²) in [6.07, 6.45) is 4.23. The Bertz CT molecular complexity index is 814.